The van der Waals surface area contributed by atoms with Gasteiger partial charge in [0.25, 0.3) is 0 Å². The zero-order chi connectivity index (χ0) is 16.6. The summed E-state index contributed by atoms with van der Waals surface area (Å²) in [4.78, 5) is 20.3. The Morgan fingerprint density at radius 2 is 1.91 bits per heavy atom. The Kier molecular flexibility index (Phi) is 4.11. The van der Waals surface area contributed by atoms with E-state index in [1.54, 1.807) is 4.90 Å². The van der Waals surface area contributed by atoms with Crippen LogP contribution < -0.4 is 4.90 Å². The van der Waals surface area contributed by atoms with Crippen LogP contribution in [0.4, 0.5) is 10.6 Å². The second kappa shape index (κ2) is 6.06. The molecule has 0 N–H and O–H groups in total. The molecule has 0 aliphatic carbocycles. The number of fused-ring (bicyclic) bond motifs is 1. The maximum absolute atomic E-state index is 11.6. The largest absolute Gasteiger partial charge is 0.453 e. The lowest BCUT2D eigenvalue weighted by molar-refractivity contribution is 0.121. The monoisotopic (exact) mass is 317 g/mol. The van der Waals surface area contributed by atoms with Gasteiger partial charge >= 0.3 is 6.09 Å². The standard InChI is InChI=1S/C16H23N5O2/c1-11(2)13-10-15(21-14(17-13)9-12(3)18-21)19-5-7-20(8-6-19)16(22)23-4/h9-11H,5-8H2,1-4H3. The Hall–Kier alpha value is -2.31. The molecule has 3 heterocycles. The maximum Gasteiger partial charge on any atom is 0.409 e. The molecule has 0 saturated carbocycles. The highest BCUT2D eigenvalue weighted by Gasteiger charge is 2.24. The topological polar surface area (TPSA) is 63.0 Å². The van der Waals surface area contributed by atoms with Gasteiger partial charge in [-0.15, -0.1) is 0 Å². The van der Waals surface area contributed by atoms with Crippen molar-refractivity contribution in [1.82, 2.24) is 19.5 Å². The zero-order valence-corrected chi connectivity index (χ0v) is 14.1. The minimum absolute atomic E-state index is 0.262. The third kappa shape index (κ3) is 2.95. The van der Waals surface area contributed by atoms with E-state index in [0.717, 1.165) is 35.9 Å². The van der Waals surface area contributed by atoms with E-state index in [0.29, 0.717) is 19.0 Å². The number of hydrogen-bond acceptors (Lipinski definition) is 5. The molecule has 0 bridgehead atoms. The van der Waals surface area contributed by atoms with Crippen molar-refractivity contribution in [3.63, 3.8) is 0 Å². The van der Waals surface area contributed by atoms with E-state index >= 15 is 0 Å². The number of rotatable bonds is 2. The second-order valence-electron chi connectivity index (χ2n) is 6.19. The van der Waals surface area contributed by atoms with Gasteiger partial charge in [0.2, 0.25) is 0 Å². The number of hydrogen-bond donors (Lipinski definition) is 0. The molecule has 2 aromatic heterocycles. The van der Waals surface area contributed by atoms with Gasteiger partial charge < -0.3 is 14.5 Å². The highest BCUT2D eigenvalue weighted by atomic mass is 16.5. The lowest BCUT2D eigenvalue weighted by Gasteiger charge is -2.35. The highest BCUT2D eigenvalue weighted by Crippen LogP contribution is 2.23. The fourth-order valence-corrected chi connectivity index (χ4v) is 2.86. The molecule has 1 aliphatic rings. The zero-order valence-electron chi connectivity index (χ0n) is 14.1. The van der Waals surface area contributed by atoms with Gasteiger partial charge in [-0.3, -0.25) is 0 Å². The summed E-state index contributed by atoms with van der Waals surface area (Å²) in [6, 6.07) is 4.11. The lowest BCUT2D eigenvalue weighted by Crippen LogP contribution is -2.49. The van der Waals surface area contributed by atoms with Crippen molar-refractivity contribution < 1.29 is 9.53 Å². The number of nitrogens with zero attached hydrogens (tertiary/aromatic N) is 5. The Balaban J connectivity index is 1.92. The summed E-state index contributed by atoms with van der Waals surface area (Å²) >= 11 is 0. The van der Waals surface area contributed by atoms with E-state index in [9.17, 15) is 4.79 Å². The molecule has 1 aliphatic heterocycles. The molecule has 0 atom stereocenters. The molecule has 3 rings (SSSR count). The van der Waals surface area contributed by atoms with E-state index in [4.69, 9.17) is 9.72 Å². The molecule has 2 aromatic rings. The van der Waals surface area contributed by atoms with Gasteiger partial charge in [0.1, 0.15) is 5.82 Å². The van der Waals surface area contributed by atoms with Gasteiger partial charge in [-0.25, -0.2) is 9.78 Å². The predicted octanol–water partition coefficient (Wildman–Crippen LogP) is 2.05. The second-order valence-corrected chi connectivity index (χ2v) is 6.19. The first-order chi connectivity index (χ1) is 11.0. The van der Waals surface area contributed by atoms with Crippen molar-refractivity contribution in [2.24, 2.45) is 0 Å². The van der Waals surface area contributed by atoms with Crippen LogP contribution in [-0.4, -0.2) is 58.9 Å². The Morgan fingerprint density at radius 1 is 1.22 bits per heavy atom. The molecular weight excluding hydrogens is 294 g/mol. The molecule has 124 valence electrons. The smallest absolute Gasteiger partial charge is 0.409 e. The summed E-state index contributed by atoms with van der Waals surface area (Å²) in [5.41, 5.74) is 2.88. The molecule has 1 fully saturated rings. The molecule has 1 amide bonds. The van der Waals surface area contributed by atoms with Crippen molar-refractivity contribution in [2.45, 2.75) is 26.7 Å². The van der Waals surface area contributed by atoms with Gasteiger partial charge in [-0.1, -0.05) is 13.8 Å². The first kappa shape index (κ1) is 15.6. The van der Waals surface area contributed by atoms with Crippen molar-refractivity contribution >= 4 is 17.6 Å². The normalized spacial score (nSPS) is 15.5. The van der Waals surface area contributed by atoms with Crippen molar-refractivity contribution in [1.29, 1.82) is 0 Å². The van der Waals surface area contributed by atoms with Gasteiger partial charge in [0.05, 0.1) is 12.8 Å². The van der Waals surface area contributed by atoms with Crippen LogP contribution in [0, 0.1) is 6.92 Å². The fraction of sp³-hybridized carbons (Fsp3) is 0.562. The molecule has 0 spiro atoms. The van der Waals surface area contributed by atoms with E-state index in [1.807, 2.05) is 17.5 Å². The van der Waals surface area contributed by atoms with Crippen LogP contribution in [0.2, 0.25) is 0 Å². The number of ether oxygens (including phenoxy) is 1. The number of piperazine rings is 1. The fourth-order valence-electron chi connectivity index (χ4n) is 2.86. The number of carbonyl (C=O) groups excluding carboxylic acids is 1. The van der Waals surface area contributed by atoms with Gasteiger partial charge in [0.15, 0.2) is 5.65 Å². The minimum Gasteiger partial charge on any atom is -0.453 e. The van der Waals surface area contributed by atoms with Gasteiger partial charge in [0, 0.05) is 44.0 Å². The van der Waals surface area contributed by atoms with Crippen LogP contribution >= 0.6 is 0 Å². The first-order valence-corrected chi connectivity index (χ1v) is 7.94. The van der Waals surface area contributed by atoms with E-state index in [2.05, 4.69) is 29.9 Å². The number of methoxy groups -OCH3 is 1. The molecule has 1 saturated heterocycles. The maximum atomic E-state index is 11.6. The molecule has 23 heavy (non-hydrogen) atoms. The van der Waals surface area contributed by atoms with Crippen molar-refractivity contribution in [2.75, 3.05) is 38.2 Å². The van der Waals surface area contributed by atoms with Crippen LogP contribution in [0.1, 0.15) is 31.2 Å². The summed E-state index contributed by atoms with van der Waals surface area (Å²) in [6.45, 7) is 9.06. The van der Waals surface area contributed by atoms with Crippen molar-refractivity contribution in [3.8, 4) is 0 Å². The number of carbonyl (C=O) groups is 1. The highest BCUT2D eigenvalue weighted by molar-refractivity contribution is 5.68. The van der Waals surface area contributed by atoms with Gasteiger partial charge in [-0.2, -0.15) is 9.61 Å². The van der Waals surface area contributed by atoms with E-state index in [-0.39, 0.29) is 6.09 Å². The third-order valence-corrected chi connectivity index (χ3v) is 4.18. The number of aromatic nitrogens is 3. The third-order valence-electron chi connectivity index (χ3n) is 4.18. The molecule has 7 heteroatoms. The van der Waals surface area contributed by atoms with Crippen LogP contribution in [-0.2, 0) is 4.74 Å². The van der Waals surface area contributed by atoms with Crippen LogP contribution in [0.25, 0.3) is 5.65 Å². The summed E-state index contributed by atoms with van der Waals surface area (Å²) in [5.74, 6) is 1.39. The minimum atomic E-state index is -0.262. The van der Waals surface area contributed by atoms with E-state index < -0.39 is 0 Å². The van der Waals surface area contributed by atoms with Crippen LogP contribution in [0.3, 0.4) is 0 Å². The quantitative estimate of drug-likeness (QED) is 0.848. The molecule has 7 nitrogen and oxygen atoms in total. The Morgan fingerprint density at radius 3 is 2.52 bits per heavy atom. The Labute approximate surface area is 135 Å². The predicted molar refractivity (Wildman–Crippen MR) is 88.0 cm³/mol. The summed E-state index contributed by atoms with van der Waals surface area (Å²) < 4.78 is 6.69. The van der Waals surface area contributed by atoms with Crippen LogP contribution in [0.5, 0.6) is 0 Å². The average Bonchev–Trinajstić information content (AvgIpc) is 2.93. The van der Waals surface area contributed by atoms with E-state index in [1.165, 1.54) is 7.11 Å². The molecule has 0 aromatic carbocycles. The SMILES string of the molecule is COC(=O)N1CCN(c2cc(C(C)C)nc3cc(C)nn23)CC1. The number of anilines is 1. The summed E-state index contributed by atoms with van der Waals surface area (Å²) in [6.07, 6.45) is -0.262. The summed E-state index contributed by atoms with van der Waals surface area (Å²) in [5, 5.41) is 4.57. The van der Waals surface area contributed by atoms with Gasteiger partial charge in [-0.05, 0) is 12.8 Å². The average molecular weight is 317 g/mol. The van der Waals surface area contributed by atoms with Crippen molar-refractivity contribution in [3.05, 3.63) is 23.5 Å². The first-order valence-electron chi connectivity index (χ1n) is 7.94. The van der Waals surface area contributed by atoms with Crippen LogP contribution in [0.15, 0.2) is 12.1 Å². The summed E-state index contributed by atoms with van der Waals surface area (Å²) in [7, 11) is 1.42. The lowest BCUT2D eigenvalue weighted by atomic mass is 10.1. The molecular formula is C16H23N5O2. The number of aryl methyl sites for hydroxylation is 1. The Bertz CT molecular complexity index is 717. The number of amides is 1. The molecule has 0 radical (unpaired) electrons. The molecule has 0 unspecified atom stereocenters.